The Morgan fingerprint density at radius 1 is 1.24 bits per heavy atom. The fourth-order valence-electron chi connectivity index (χ4n) is 4.18. The van der Waals surface area contributed by atoms with Crippen molar-refractivity contribution in [2.75, 3.05) is 12.9 Å². The summed E-state index contributed by atoms with van der Waals surface area (Å²) in [7, 11) is -3.92. The van der Waals surface area contributed by atoms with E-state index in [2.05, 4.69) is 10.1 Å². The summed E-state index contributed by atoms with van der Waals surface area (Å²) < 4.78 is 75.0. The number of fused-ring (bicyclic) bond motifs is 1. The number of pyridine rings is 1. The number of aliphatic hydroxyl groups is 1. The van der Waals surface area contributed by atoms with Gasteiger partial charge in [0.2, 0.25) is 0 Å². The van der Waals surface area contributed by atoms with E-state index >= 15 is 0 Å². The van der Waals surface area contributed by atoms with Gasteiger partial charge in [0.1, 0.15) is 11.4 Å². The Morgan fingerprint density at radius 3 is 2.47 bits per heavy atom. The Balaban J connectivity index is 1.90. The number of halogens is 3. The van der Waals surface area contributed by atoms with E-state index < -0.39 is 39.3 Å². The van der Waals surface area contributed by atoms with Gasteiger partial charge in [-0.15, -0.1) is 0 Å². The minimum absolute atomic E-state index is 0.0433. The van der Waals surface area contributed by atoms with Crippen LogP contribution < -0.4 is 5.73 Å². The van der Waals surface area contributed by atoms with E-state index in [4.69, 9.17) is 7.10 Å². The predicted octanol–water partition coefficient (Wildman–Crippen LogP) is 3.34. The van der Waals surface area contributed by atoms with Crippen LogP contribution in [0.15, 0.2) is 35.4 Å². The molecule has 1 aliphatic carbocycles. The van der Waals surface area contributed by atoms with Gasteiger partial charge >= 0.3 is 6.18 Å². The number of primary amides is 1. The summed E-state index contributed by atoms with van der Waals surface area (Å²) in [4.78, 5) is 15.1. The molecule has 2 heterocycles. The Morgan fingerprint density at radius 2 is 1.91 bits per heavy atom. The number of hydrogen-bond acceptors (Lipinski definition) is 6. The van der Waals surface area contributed by atoms with Gasteiger partial charge in [-0.1, -0.05) is 0 Å². The van der Waals surface area contributed by atoms with Crippen LogP contribution in [0.3, 0.4) is 0 Å². The van der Waals surface area contributed by atoms with Crippen molar-refractivity contribution in [3.63, 3.8) is 0 Å². The molecule has 4 rings (SSSR count). The molecule has 1 aliphatic rings. The monoisotopic (exact) mass is 497 g/mol. The largest absolute Gasteiger partial charge is 0.433 e. The number of nitrogens with zero attached hydrogens (tertiary/aromatic N) is 3. The molecule has 3 N–H and O–H groups in total. The molecule has 2 aromatic heterocycles. The molecular weight excluding hydrogens is 473 g/mol. The van der Waals surface area contributed by atoms with Crippen molar-refractivity contribution in [1.29, 1.82) is 0 Å². The SMILES string of the molecule is [2H]C1(n2cc3cc(-c4ccc(C(F)(F)F)nc4C(N)=O)c(S(C)(=O)=O)cc3n2)CCC(CO)CC1. The summed E-state index contributed by atoms with van der Waals surface area (Å²) in [5, 5.41) is 14.2. The molecule has 0 radical (unpaired) electrons. The summed E-state index contributed by atoms with van der Waals surface area (Å²) in [6.45, 7) is 0.0433. The van der Waals surface area contributed by atoms with Crippen LogP contribution in [0.4, 0.5) is 13.2 Å². The van der Waals surface area contributed by atoms with Crippen molar-refractivity contribution in [3.05, 3.63) is 41.9 Å². The molecule has 1 amide bonds. The van der Waals surface area contributed by atoms with Crippen LogP contribution in [0.5, 0.6) is 0 Å². The third-order valence-corrected chi connectivity index (χ3v) is 7.12. The number of aliphatic hydroxyl groups excluding tert-OH is 1. The molecule has 1 fully saturated rings. The zero-order chi connectivity index (χ0) is 25.8. The molecule has 0 atom stereocenters. The van der Waals surface area contributed by atoms with Gasteiger partial charge in [-0.05, 0) is 55.9 Å². The van der Waals surface area contributed by atoms with Crippen LogP contribution in [0.2, 0.25) is 0 Å². The summed E-state index contributed by atoms with van der Waals surface area (Å²) in [5.41, 5.74) is 3.32. The number of carbonyl (C=O) groups excluding carboxylic acids is 1. The minimum atomic E-state index is -4.83. The number of rotatable bonds is 5. The minimum Gasteiger partial charge on any atom is -0.396 e. The Labute approximate surface area is 194 Å². The molecule has 0 unspecified atom stereocenters. The molecule has 0 bridgehead atoms. The maximum atomic E-state index is 13.2. The lowest BCUT2D eigenvalue weighted by atomic mass is 9.87. The summed E-state index contributed by atoms with van der Waals surface area (Å²) in [6.07, 6.45) is -0.189. The maximum Gasteiger partial charge on any atom is 0.433 e. The van der Waals surface area contributed by atoms with E-state index in [0.717, 1.165) is 12.3 Å². The molecular formula is C22H23F3N4O4S. The van der Waals surface area contributed by atoms with Gasteiger partial charge in [0.25, 0.3) is 5.91 Å². The van der Waals surface area contributed by atoms with Gasteiger partial charge in [0.15, 0.2) is 9.84 Å². The number of aromatic nitrogens is 3. The Kier molecular flexibility index (Phi) is 5.80. The van der Waals surface area contributed by atoms with E-state index in [-0.39, 0.29) is 34.1 Å². The van der Waals surface area contributed by atoms with Crippen LogP contribution in [-0.2, 0) is 16.0 Å². The predicted molar refractivity (Wildman–Crippen MR) is 118 cm³/mol. The highest BCUT2D eigenvalue weighted by Gasteiger charge is 2.34. The zero-order valence-corrected chi connectivity index (χ0v) is 18.9. The number of sulfone groups is 1. The highest BCUT2D eigenvalue weighted by Crippen LogP contribution is 2.37. The lowest BCUT2D eigenvalue weighted by molar-refractivity contribution is -0.141. The molecule has 0 aliphatic heterocycles. The fourth-order valence-corrected chi connectivity index (χ4v) is 5.07. The molecule has 0 spiro atoms. The maximum absolute atomic E-state index is 13.2. The summed E-state index contributed by atoms with van der Waals surface area (Å²) in [5.74, 6) is -1.13. The van der Waals surface area contributed by atoms with E-state index in [9.17, 15) is 31.5 Å². The standard InChI is InChI=1S/C22H23F3N4O4S/c1-34(32,33)18-9-17-13(10-29(28-17)14-4-2-12(11-30)3-5-14)8-16(18)15-6-7-19(22(23,24)25)27-20(15)21(26)31/h6-10,12,14,30H,2-5,11H2,1H3,(H2,26,31)/i14D. The lowest BCUT2D eigenvalue weighted by Crippen LogP contribution is -2.20. The van der Waals surface area contributed by atoms with Crippen molar-refractivity contribution >= 4 is 26.6 Å². The Bertz CT molecular complexity index is 1410. The number of carbonyl (C=O) groups is 1. The van der Waals surface area contributed by atoms with Gasteiger partial charge in [0.05, 0.1) is 17.8 Å². The smallest absolute Gasteiger partial charge is 0.396 e. The van der Waals surface area contributed by atoms with E-state index in [1.807, 2.05) is 0 Å². The highest BCUT2D eigenvalue weighted by molar-refractivity contribution is 7.90. The first-order valence-electron chi connectivity index (χ1n) is 11.0. The van der Waals surface area contributed by atoms with E-state index in [0.29, 0.717) is 37.1 Å². The summed E-state index contributed by atoms with van der Waals surface area (Å²) in [6, 6.07) is 3.19. The molecule has 182 valence electrons. The normalized spacial score (nSPS) is 22.0. The molecule has 1 aromatic carbocycles. The number of nitrogens with two attached hydrogens (primary N) is 1. The molecule has 1 saturated carbocycles. The van der Waals surface area contributed by atoms with Gasteiger partial charge in [-0.25, -0.2) is 13.4 Å². The number of alkyl halides is 3. The van der Waals surface area contributed by atoms with E-state index in [1.54, 1.807) is 6.20 Å². The first-order chi connectivity index (χ1) is 16.2. The lowest BCUT2D eigenvalue weighted by Gasteiger charge is -2.27. The molecule has 3 aromatic rings. The van der Waals surface area contributed by atoms with Gasteiger partial charge in [0, 0.05) is 35.6 Å². The molecule has 8 nitrogen and oxygen atoms in total. The second-order valence-corrected chi connectivity index (χ2v) is 10.4. The topological polar surface area (TPSA) is 128 Å². The molecule has 0 saturated heterocycles. The number of amides is 1. The van der Waals surface area contributed by atoms with Crippen LogP contribution >= 0.6 is 0 Å². The zero-order valence-electron chi connectivity index (χ0n) is 19.1. The Hall–Kier alpha value is -2.99. The van der Waals surface area contributed by atoms with Crippen LogP contribution in [0.25, 0.3) is 22.0 Å². The molecule has 12 heteroatoms. The number of benzene rings is 1. The van der Waals surface area contributed by atoms with Crippen LogP contribution in [0.1, 0.15) is 49.3 Å². The van der Waals surface area contributed by atoms with Crippen molar-refractivity contribution in [2.45, 2.75) is 42.8 Å². The van der Waals surface area contributed by atoms with Crippen LogP contribution in [-0.4, -0.2) is 47.1 Å². The first kappa shape index (κ1) is 22.8. The van der Waals surface area contributed by atoms with Gasteiger partial charge in [-0.3, -0.25) is 9.48 Å². The first-order valence-corrected chi connectivity index (χ1v) is 12.4. The van der Waals surface area contributed by atoms with Crippen molar-refractivity contribution in [2.24, 2.45) is 11.7 Å². The van der Waals surface area contributed by atoms with Crippen molar-refractivity contribution in [1.82, 2.24) is 14.8 Å². The van der Waals surface area contributed by atoms with Crippen LogP contribution in [0, 0.1) is 5.92 Å². The fraction of sp³-hybridized carbons (Fsp3) is 0.409. The van der Waals surface area contributed by atoms with E-state index in [1.165, 1.54) is 16.8 Å². The van der Waals surface area contributed by atoms with Crippen molar-refractivity contribution in [3.8, 4) is 11.1 Å². The van der Waals surface area contributed by atoms with Crippen molar-refractivity contribution < 1.29 is 32.9 Å². The number of hydrogen-bond donors (Lipinski definition) is 2. The third-order valence-electron chi connectivity index (χ3n) is 5.98. The quantitative estimate of drug-likeness (QED) is 0.556. The average Bonchev–Trinajstić information content (AvgIpc) is 3.21. The highest BCUT2D eigenvalue weighted by atomic mass is 32.2. The van der Waals surface area contributed by atoms with Gasteiger partial charge < -0.3 is 10.8 Å². The molecule has 34 heavy (non-hydrogen) atoms. The third kappa shape index (κ3) is 4.64. The van der Waals surface area contributed by atoms with Gasteiger partial charge in [-0.2, -0.15) is 18.3 Å². The average molecular weight is 498 g/mol. The second-order valence-electron chi connectivity index (χ2n) is 8.40. The second kappa shape index (κ2) is 8.66. The summed E-state index contributed by atoms with van der Waals surface area (Å²) >= 11 is 0.